The van der Waals surface area contributed by atoms with Gasteiger partial charge in [-0.2, -0.15) is 71.1 Å². The molecular weight excluding hydrogens is 691 g/mol. The number of alkyl halides is 9. The second kappa shape index (κ2) is 12.0. The predicted molar refractivity (Wildman–Crippen MR) is 157 cm³/mol. The van der Waals surface area contributed by atoms with Gasteiger partial charge >= 0.3 is 18.5 Å². The summed E-state index contributed by atoms with van der Waals surface area (Å²) < 4.78 is 124. The lowest BCUT2D eigenvalue weighted by Crippen LogP contribution is -2.14. The van der Waals surface area contributed by atoms with E-state index in [0.29, 0.717) is 6.07 Å². The Kier molecular flexibility index (Phi) is 8.29. The third-order valence-electron chi connectivity index (χ3n) is 7.58. The first-order valence-electron chi connectivity index (χ1n) is 13.7. The number of fused-ring (bicyclic) bond motifs is 2. The number of halogens is 9. The predicted octanol–water partition coefficient (Wildman–Crippen LogP) is 8.67. The number of hydrogen-bond acceptors (Lipinski definition) is 8. The Morgan fingerprint density at radius 2 is 0.843 bits per heavy atom. The molecule has 2 aliphatic rings. The molecule has 0 saturated carbocycles. The highest BCUT2D eigenvalue weighted by Gasteiger charge is 2.42. The molecule has 0 amide bonds. The van der Waals surface area contributed by atoms with Gasteiger partial charge in [-0.15, -0.1) is 0 Å². The molecule has 0 radical (unpaired) electrons. The molecule has 0 N–H and O–H groups in total. The number of nitriles is 6. The van der Waals surface area contributed by atoms with Crippen LogP contribution in [0, 0.1) is 74.9 Å². The topological polar surface area (TPSA) is 167 Å². The highest BCUT2D eigenvalue weighted by atomic mass is 19.4. The van der Waals surface area contributed by atoms with E-state index >= 15 is 0 Å². The quantitative estimate of drug-likeness (QED) is 0.191. The molecular formula is C34H9F9N8. The number of benzene rings is 3. The second-order valence-corrected chi connectivity index (χ2v) is 10.7. The fourth-order valence-corrected chi connectivity index (χ4v) is 5.58. The average molecular weight is 700 g/mol. The van der Waals surface area contributed by atoms with Gasteiger partial charge in [0, 0.05) is 33.4 Å². The number of hydrogen-bond donors (Lipinski definition) is 0. The fourth-order valence-electron chi connectivity index (χ4n) is 5.58. The van der Waals surface area contributed by atoms with E-state index in [2.05, 4.69) is 9.98 Å². The summed E-state index contributed by atoms with van der Waals surface area (Å²) in [5.41, 5.74) is -14.0. The van der Waals surface area contributed by atoms with Crippen molar-refractivity contribution in [2.75, 3.05) is 0 Å². The van der Waals surface area contributed by atoms with Crippen LogP contribution in [0.3, 0.4) is 0 Å². The highest BCUT2D eigenvalue weighted by molar-refractivity contribution is 6.41. The third-order valence-corrected chi connectivity index (χ3v) is 7.58. The Labute approximate surface area is 280 Å². The third kappa shape index (κ3) is 5.80. The van der Waals surface area contributed by atoms with E-state index in [1.807, 2.05) is 0 Å². The molecule has 248 valence electrons. The summed E-state index contributed by atoms with van der Waals surface area (Å²) in [4.78, 5) is 8.34. The molecule has 0 atom stereocenters. The molecule has 17 heteroatoms. The summed E-state index contributed by atoms with van der Waals surface area (Å²) in [7, 11) is 0. The van der Waals surface area contributed by atoms with Gasteiger partial charge in [0.2, 0.25) is 0 Å². The summed E-state index contributed by atoms with van der Waals surface area (Å²) in [5.74, 6) is 0. The minimum Gasteiger partial charge on any atom is -0.246 e. The smallest absolute Gasteiger partial charge is 0.246 e. The summed E-state index contributed by atoms with van der Waals surface area (Å²) >= 11 is 0. The van der Waals surface area contributed by atoms with Crippen LogP contribution >= 0.6 is 0 Å². The molecule has 3 aromatic rings. The lowest BCUT2D eigenvalue weighted by molar-refractivity contribution is -0.143. The SMILES string of the molecule is Cc1cc(C2=Nc3c(C#N)c4c(c(C#N)c3C2=C(C#N)C#N)N=C(c2cc(C(F)(F)F)cc(C(F)(F)F)c2)C4=C(C#N)C#N)cc(C(F)(F)F)c1. The van der Waals surface area contributed by atoms with Crippen LogP contribution in [0.5, 0.6) is 0 Å². The van der Waals surface area contributed by atoms with Crippen molar-refractivity contribution in [2.45, 2.75) is 25.5 Å². The average Bonchev–Trinajstić information content (AvgIpc) is 3.63. The maximum absolute atomic E-state index is 13.8. The zero-order chi connectivity index (χ0) is 37.8. The lowest BCUT2D eigenvalue weighted by Gasteiger charge is -2.15. The molecule has 0 saturated heterocycles. The van der Waals surface area contributed by atoms with Crippen LogP contribution < -0.4 is 0 Å². The summed E-state index contributed by atoms with van der Waals surface area (Å²) in [5, 5.41) is 60.1. The lowest BCUT2D eigenvalue weighted by atomic mass is 9.84. The van der Waals surface area contributed by atoms with Crippen molar-refractivity contribution in [3.63, 3.8) is 0 Å². The molecule has 0 aliphatic carbocycles. The van der Waals surface area contributed by atoms with Crippen LogP contribution in [0.4, 0.5) is 50.9 Å². The van der Waals surface area contributed by atoms with Crippen molar-refractivity contribution in [1.29, 1.82) is 31.6 Å². The van der Waals surface area contributed by atoms with Crippen LogP contribution in [0.2, 0.25) is 0 Å². The normalized spacial score (nSPS) is 13.3. The molecule has 5 rings (SSSR count). The minimum atomic E-state index is -5.34. The van der Waals surface area contributed by atoms with Crippen LogP contribution in [0.1, 0.15) is 55.6 Å². The standard InChI is InChI=1S/C34H9F9N8/c1-14-2-15(4-19(3-14)32(35,36)37)28-24(17(8-44)9-45)26-22(12-48)31-27(23(13-49)30(26)50-28)25(18(10-46)11-47)29(51-31)16-5-20(33(38,39)40)7-21(6-16)34(41,42)43/h2-7H,1H3. The van der Waals surface area contributed by atoms with E-state index in [0.717, 1.165) is 6.07 Å². The summed E-state index contributed by atoms with van der Waals surface area (Å²) in [6, 6.07) is 12.3. The number of aliphatic imine (C=N–C) groups is 2. The first-order chi connectivity index (χ1) is 23.8. The fraction of sp³-hybridized carbons (Fsp3) is 0.118. The highest BCUT2D eigenvalue weighted by Crippen LogP contribution is 2.54. The molecule has 51 heavy (non-hydrogen) atoms. The Morgan fingerprint density at radius 1 is 0.510 bits per heavy atom. The Hall–Kier alpha value is -7.21. The van der Waals surface area contributed by atoms with E-state index in [4.69, 9.17) is 0 Å². The van der Waals surface area contributed by atoms with Gasteiger partial charge in [-0.3, -0.25) is 0 Å². The number of nitrogens with zero attached hydrogens (tertiary/aromatic N) is 8. The van der Waals surface area contributed by atoms with Crippen LogP contribution in [0.25, 0.3) is 11.1 Å². The Bertz CT molecular complexity index is 2440. The largest absolute Gasteiger partial charge is 0.416 e. The van der Waals surface area contributed by atoms with E-state index < -0.39 is 108 Å². The van der Waals surface area contributed by atoms with Gasteiger partial charge < -0.3 is 0 Å². The molecule has 0 bridgehead atoms. The van der Waals surface area contributed by atoms with Crippen LogP contribution in [-0.4, -0.2) is 11.4 Å². The zero-order valence-corrected chi connectivity index (χ0v) is 24.9. The minimum absolute atomic E-state index is 0.0447. The van der Waals surface area contributed by atoms with Gasteiger partial charge in [0.25, 0.3) is 0 Å². The molecule has 0 aromatic heterocycles. The maximum atomic E-state index is 13.8. The van der Waals surface area contributed by atoms with E-state index in [-0.39, 0.29) is 29.3 Å². The molecule has 0 unspecified atom stereocenters. The van der Waals surface area contributed by atoms with E-state index in [9.17, 15) is 71.1 Å². The summed E-state index contributed by atoms with van der Waals surface area (Å²) in [6.45, 7) is 1.30. The van der Waals surface area contributed by atoms with E-state index in [1.54, 1.807) is 24.3 Å². The van der Waals surface area contributed by atoms with Gasteiger partial charge in [0.05, 0.1) is 50.6 Å². The van der Waals surface area contributed by atoms with Gasteiger partial charge in [-0.25, -0.2) is 9.98 Å². The van der Waals surface area contributed by atoms with E-state index in [1.165, 1.54) is 25.1 Å². The number of rotatable bonds is 2. The van der Waals surface area contributed by atoms with Gasteiger partial charge in [-0.05, 0) is 48.9 Å². The number of allylic oxidation sites excluding steroid dienone is 4. The van der Waals surface area contributed by atoms with Crippen molar-refractivity contribution in [3.8, 4) is 36.4 Å². The molecule has 2 aliphatic heterocycles. The van der Waals surface area contributed by atoms with Crippen molar-refractivity contribution in [1.82, 2.24) is 0 Å². The van der Waals surface area contributed by atoms with Crippen LogP contribution in [-0.2, 0) is 18.5 Å². The van der Waals surface area contributed by atoms with Gasteiger partial charge in [0.1, 0.15) is 47.6 Å². The number of aryl methyl sites for hydroxylation is 1. The Balaban J connectivity index is 1.96. The van der Waals surface area contributed by atoms with Crippen molar-refractivity contribution >= 4 is 33.9 Å². The van der Waals surface area contributed by atoms with Gasteiger partial charge in [-0.1, -0.05) is 0 Å². The second-order valence-electron chi connectivity index (χ2n) is 10.7. The van der Waals surface area contributed by atoms with Gasteiger partial charge in [0.15, 0.2) is 0 Å². The Morgan fingerprint density at radius 3 is 1.16 bits per heavy atom. The molecule has 3 aromatic carbocycles. The first-order valence-corrected chi connectivity index (χ1v) is 13.7. The van der Waals surface area contributed by atoms with Crippen LogP contribution in [0.15, 0.2) is 57.5 Å². The first kappa shape index (κ1) is 35.1. The van der Waals surface area contributed by atoms with Crippen molar-refractivity contribution in [3.05, 3.63) is 103 Å². The maximum Gasteiger partial charge on any atom is 0.416 e. The monoisotopic (exact) mass is 700 g/mol. The van der Waals surface area contributed by atoms with Crippen molar-refractivity contribution in [2.24, 2.45) is 9.98 Å². The molecule has 0 fully saturated rings. The zero-order valence-electron chi connectivity index (χ0n) is 24.9. The summed E-state index contributed by atoms with van der Waals surface area (Å²) in [6.07, 6.45) is -15.6. The molecule has 8 nitrogen and oxygen atoms in total. The van der Waals surface area contributed by atoms with Crippen molar-refractivity contribution < 1.29 is 39.5 Å². The molecule has 2 heterocycles. The molecule has 0 spiro atoms.